The number of aromatic nitrogens is 1. The van der Waals surface area contributed by atoms with Gasteiger partial charge in [-0.1, -0.05) is 16.8 Å². The van der Waals surface area contributed by atoms with E-state index in [0.717, 1.165) is 0 Å². The molecule has 0 aliphatic carbocycles. The molecule has 5 nitrogen and oxygen atoms in total. The van der Waals surface area contributed by atoms with Gasteiger partial charge in [-0.3, -0.25) is 10.1 Å². The Morgan fingerprint density at radius 1 is 1.52 bits per heavy atom. The number of nitrogens with one attached hydrogen (secondary N) is 1. The van der Waals surface area contributed by atoms with Gasteiger partial charge < -0.3 is 9.63 Å². The molecule has 21 heavy (non-hydrogen) atoms. The minimum Gasteiger partial charge on any atom is -0.480 e. The Labute approximate surface area is 125 Å². The van der Waals surface area contributed by atoms with Gasteiger partial charge in [-0.05, 0) is 30.7 Å². The van der Waals surface area contributed by atoms with E-state index in [9.17, 15) is 14.3 Å². The maximum atomic E-state index is 13.7. The molecule has 0 radical (unpaired) electrons. The van der Waals surface area contributed by atoms with Gasteiger partial charge in [-0.2, -0.15) is 0 Å². The van der Waals surface area contributed by atoms with Crippen LogP contribution in [0.1, 0.15) is 17.0 Å². The first-order valence-corrected chi connectivity index (χ1v) is 6.66. The van der Waals surface area contributed by atoms with Crippen LogP contribution in [0.2, 0.25) is 5.02 Å². The van der Waals surface area contributed by atoms with Gasteiger partial charge in [0, 0.05) is 24.1 Å². The second-order valence-electron chi connectivity index (χ2n) is 4.64. The van der Waals surface area contributed by atoms with E-state index >= 15 is 0 Å². The molecule has 0 amide bonds. The van der Waals surface area contributed by atoms with Crippen molar-refractivity contribution in [1.82, 2.24) is 10.5 Å². The number of aryl methyl sites for hydroxylation is 1. The van der Waals surface area contributed by atoms with E-state index in [1.165, 1.54) is 18.2 Å². The first-order valence-electron chi connectivity index (χ1n) is 6.28. The molecule has 1 atom stereocenters. The molecule has 0 aliphatic rings. The summed E-state index contributed by atoms with van der Waals surface area (Å²) in [6.45, 7) is 1.96. The maximum Gasteiger partial charge on any atom is 0.321 e. The highest BCUT2D eigenvalue weighted by atomic mass is 35.5. The summed E-state index contributed by atoms with van der Waals surface area (Å²) in [5.74, 6) is -0.918. The number of carbonyl (C=O) groups is 1. The zero-order valence-corrected chi connectivity index (χ0v) is 12.0. The number of hydrogen-bond donors (Lipinski definition) is 2. The molecule has 1 aromatic carbocycles. The third-order valence-electron chi connectivity index (χ3n) is 2.94. The summed E-state index contributed by atoms with van der Waals surface area (Å²) >= 11 is 5.80. The van der Waals surface area contributed by atoms with Gasteiger partial charge in [-0.15, -0.1) is 0 Å². The summed E-state index contributed by atoms with van der Waals surface area (Å²) in [6, 6.07) is 4.81. The highest BCUT2D eigenvalue weighted by Crippen LogP contribution is 2.16. The van der Waals surface area contributed by atoms with Crippen molar-refractivity contribution in [2.75, 3.05) is 0 Å². The predicted molar refractivity (Wildman–Crippen MR) is 74.6 cm³/mol. The normalized spacial score (nSPS) is 12.3. The number of carboxylic acids is 1. The van der Waals surface area contributed by atoms with E-state index < -0.39 is 17.8 Å². The molecular weight excluding hydrogens is 299 g/mol. The number of benzene rings is 1. The van der Waals surface area contributed by atoms with Gasteiger partial charge in [0.15, 0.2) is 0 Å². The number of hydrogen-bond acceptors (Lipinski definition) is 4. The number of rotatable bonds is 6. The molecule has 0 saturated carbocycles. The molecule has 1 heterocycles. The van der Waals surface area contributed by atoms with Crippen LogP contribution in [-0.2, 0) is 17.8 Å². The maximum absolute atomic E-state index is 13.7. The fourth-order valence-electron chi connectivity index (χ4n) is 1.90. The van der Waals surface area contributed by atoms with Gasteiger partial charge >= 0.3 is 5.97 Å². The van der Waals surface area contributed by atoms with Gasteiger partial charge in [0.05, 0.1) is 5.69 Å². The van der Waals surface area contributed by atoms with Gasteiger partial charge in [0.1, 0.15) is 17.6 Å². The summed E-state index contributed by atoms with van der Waals surface area (Å²) < 4.78 is 18.5. The van der Waals surface area contributed by atoms with Crippen molar-refractivity contribution in [3.8, 4) is 0 Å². The first kappa shape index (κ1) is 15.5. The fraction of sp³-hybridized carbons (Fsp3) is 0.286. The van der Waals surface area contributed by atoms with Crippen molar-refractivity contribution in [2.45, 2.75) is 25.9 Å². The van der Waals surface area contributed by atoms with Crippen LogP contribution in [0, 0.1) is 12.7 Å². The summed E-state index contributed by atoms with van der Waals surface area (Å²) in [7, 11) is 0. The fourth-order valence-corrected chi connectivity index (χ4v) is 2.09. The third-order valence-corrected chi connectivity index (χ3v) is 3.17. The van der Waals surface area contributed by atoms with Crippen LogP contribution in [0.25, 0.3) is 0 Å². The smallest absolute Gasteiger partial charge is 0.321 e. The molecule has 0 aliphatic heterocycles. The van der Waals surface area contributed by atoms with Crippen LogP contribution in [0.3, 0.4) is 0 Å². The molecule has 0 unspecified atom stereocenters. The Morgan fingerprint density at radius 2 is 2.29 bits per heavy atom. The van der Waals surface area contributed by atoms with Crippen LogP contribution in [-0.4, -0.2) is 22.3 Å². The Bertz CT molecular complexity index is 645. The molecule has 0 saturated heterocycles. The molecular formula is C14H14ClFN2O3. The molecule has 0 spiro atoms. The minimum atomic E-state index is -1.07. The average Bonchev–Trinajstić information content (AvgIpc) is 2.83. The Kier molecular flexibility index (Phi) is 4.93. The highest BCUT2D eigenvalue weighted by Gasteiger charge is 2.20. The minimum absolute atomic E-state index is 0.0153. The molecule has 1 aromatic heterocycles. The number of halogens is 2. The quantitative estimate of drug-likeness (QED) is 0.857. The number of carboxylic acid groups (broad SMARTS) is 1. The van der Waals surface area contributed by atoms with E-state index in [2.05, 4.69) is 10.5 Å². The van der Waals surface area contributed by atoms with Crippen molar-refractivity contribution < 1.29 is 18.8 Å². The number of aliphatic carboxylic acids is 1. The van der Waals surface area contributed by atoms with Crippen LogP contribution in [0.5, 0.6) is 0 Å². The van der Waals surface area contributed by atoms with E-state index in [0.29, 0.717) is 16.5 Å². The second kappa shape index (κ2) is 6.69. The SMILES string of the molecule is Cc1cc(CN[C@H](Cc2cc(Cl)ccc2F)C(=O)O)no1. The van der Waals surface area contributed by atoms with Gasteiger partial charge in [0.25, 0.3) is 0 Å². The summed E-state index contributed by atoms with van der Waals surface area (Å²) in [5, 5.41) is 16.2. The zero-order valence-electron chi connectivity index (χ0n) is 11.3. The van der Waals surface area contributed by atoms with Crippen LogP contribution >= 0.6 is 11.6 Å². The standard InChI is InChI=1S/C14H14ClFN2O3/c1-8-4-11(18-21-8)7-17-13(14(19)20)6-9-5-10(15)2-3-12(9)16/h2-5,13,17H,6-7H2,1H3,(H,19,20)/t13-/m1/s1. The summed E-state index contributed by atoms with van der Waals surface area (Å²) in [5.41, 5.74) is 0.837. The highest BCUT2D eigenvalue weighted by molar-refractivity contribution is 6.30. The largest absolute Gasteiger partial charge is 0.480 e. The Balaban J connectivity index is 2.05. The number of nitrogens with zero attached hydrogens (tertiary/aromatic N) is 1. The topological polar surface area (TPSA) is 75.4 Å². The molecule has 2 N–H and O–H groups in total. The van der Waals surface area contributed by atoms with E-state index in [1.54, 1.807) is 13.0 Å². The lowest BCUT2D eigenvalue weighted by Gasteiger charge is -2.14. The van der Waals surface area contributed by atoms with Gasteiger partial charge in [0.2, 0.25) is 0 Å². The second-order valence-corrected chi connectivity index (χ2v) is 5.08. The first-order chi connectivity index (χ1) is 9.95. The lowest BCUT2D eigenvalue weighted by Crippen LogP contribution is -2.38. The lowest BCUT2D eigenvalue weighted by atomic mass is 10.1. The van der Waals surface area contributed by atoms with E-state index in [-0.39, 0.29) is 18.5 Å². The van der Waals surface area contributed by atoms with Crippen LogP contribution in [0.15, 0.2) is 28.8 Å². The molecule has 7 heteroatoms. The Hall–Kier alpha value is -1.92. The molecule has 0 fully saturated rings. The lowest BCUT2D eigenvalue weighted by molar-refractivity contribution is -0.139. The van der Waals surface area contributed by atoms with E-state index in [1.807, 2.05) is 0 Å². The monoisotopic (exact) mass is 312 g/mol. The average molecular weight is 313 g/mol. The van der Waals surface area contributed by atoms with E-state index in [4.69, 9.17) is 16.1 Å². The zero-order chi connectivity index (χ0) is 15.4. The van der Waals surface area contributed by atoms with Crippen molar-refractivity contribution in [1.29, 1.82) is 0 Å². The molecule has 2 aromatic rings. The van der Waals surface area contributed by atoms with Crippen molar-refractivity contribution in [2.24, 2.45) is 0 Å². The summed E-state index contributed by atoms with van der Waals surface area (Å²) in [6.07, 6.45) is -0.0153. The van der Waals surface area contributed by atoms with Crippen LogP contribution in [0.4, 0.5) is 4.39 Å². The van der Waals surface area contributed by atoms with Crippen molar-refractivity contribution in [3.63, 3.8) is 0 Å². The van der Waals surface area contributed by atoms with Crippen molar-refractivity contribution >= 4 is 17.6 Å². The molecule has 0 bridgehead atoms. The molecule has 112 valence electrons. The van der Waals surface area contributed by atoms with Crippen molar-refractivity contribution in [3.05, 3.63) is 52.1 Å². The third kappa shape index (κ3) is 4.27. The Morgan fingerprint density at radius 3 is 2.90 bits per heavy atom. The predicted octanol–water partition coefficient (Wildman–Crippen LogP) is 2.56. The van der Waals surface area contributed by atoms with Crippen LogP contribution < -0.4 is 5.32 Å². The molecule has 2 rings (SSSR count). The van der Waals surface area contributed by atoms with Gasteiger partial charge in [-0.25, -0.2) is 4.39 Å². The summed E-state index contributed by atoms with van der Waals surface area (Å²) in [4.78, 5) is 11.3.